The zero-order chi connectivity index (χ0) is 18.6. The Kier molecular flexibility index (Phi) is 6.16. The van der Waals surface area contributed by atoms with E-state index in [1.165, 1.54) is 24.3 Å². The molecule has 0 aromatic heterocycles. The fourth-order valence-corrected chi connectivity index (χ4v) is 2.60. The van der Waals surface area contributed by atoms with Crippen LogP contribution in [0, 0.1) is 5.92 Å². The number of ether oxygens (including phenoxy) is 2. The van der Waals surface area contributed by atoms with Crippen molar-refractivity contribution in [3.63, 3.8) is 0 Å². The molecule has 1 fully saturated rings. The Hall–Kier alpha value is -1.96. The van der Waals surface area contributed by atoms with Crippen LogP contribution in [0.2, 0.25) is 0 Å². The van der Waals surface area contributed by atoms with E-state index in [2.05, 4.69) is 4.74 Å². The van der Waals surface area contributed by atoms with E-state index in [-0.39, 0.29) is 23.7 Å². The molecular weight excluding hydrogens is 337 g/mol. The third kappa shape index (κ3) is 5.81. The molecule has 1 aliphatic rings. The second-order valence-corrected chi connectivity index (χ2v) is 6.43. The Labute approximate surface area is 144 Å². The molecule has 1 aromatic carbocycles. The molecule has 0 saturated carbocycles. The van der Waals surface area contributed by atoms with Gasteiger partial charge in [-0.2, -0.15) is 0 Å². The number of alkyl halides is 3. The van der Waals surface area contributed by atoms with E-state index in [9.17, 15) is 18.0 Å². The fourth-order valence-electron chi connectivity index (χ4n) is 2.60. The molecule has 0 aliphatic carbocycles. The predicted molar refractivity (Wildman–Crippen MR) is 86.2 cm³/mol. The lowest BCUT2D eigenvalue weighted by Gasteiger charge is -2.34. The maximum Gasteiger partial charge on any atom is 0.573 e. The Balaban J connectivity index is 1.83. The number of nitrogens with zero attached hydrogens (tertiary/aromatic N) is 1. The number of rotatable bonds is 5. The summed E-state index contributed by atoms with van der Waals surface area (Å²) in [5.41, 5.74) is 5.89. The standard InChI is InChI=1S/C17H23F3N2O3/c1-11(2)15(21)16(23)22-9-7-13(8-10-22)24-12-3-5-14(6-4-12)25-17(18,19)20/h3-6,11,13,15H,7-10,21H2,1-2H3/t15-/m0/s1. The summed E-state index contributed by atoms with van der Waals surface area (Å²) in [4.78, 5) is 14.0. The normalized spacial score (nSPS) is 17.5. The lowest BCUT2D eigenvalue weighted by atomic mass is 10.0. The van der Waals surface area contributed by atoms with E-state index in [0.29, 0.717) is 31.7 Å². The van der Waals surface area contributed by atoms with Crippen molar-refractivity contribution in [1.82, 2.24) is 4.90 Å². The highest BCUT2D eigenvalue weighted by molar-refractivity contribution is 5.82. The molecule has 0 radical (unpaired) electrons. The third-order valence-electron chi connectivity index (χ3n) is 4.12. The quantitative estimate of drug-likeness (QED) is 0.877. The first kappa shape index (κ1) is 19.4. The molecular formula is C17H23F3N2O3. The monoisotopic (exact) mass is 360 g/mol. The van der Waals surface area contributed by atoms with Crippen molar-refractivity contribution in [3.8, 4) is 11.5 Å². The second-order valence-electron chi connectivity index (χ2n) is 6.43. The molecule has 8 heteroatoms. The van der Waals surface area contributed by atoms with Crippen molar-refractivity contribution in [3.05, 3.63) is 24.3 Å². The lowest BCUT2D eigenvalue weighted by molar-refractivity contribution is -0.274. The molecule has 2 rings (SSSR count). The first-order valence-corrected chi connectivity index (χ1v) is 8.22. The van der Waals surface area contributed by atoms with Gasteiger partial charge in [0.15, 0.2) is 0 Å². The van der Waals surface area contributed by atoms with Gasteiger partial charge < -0.3 is 20.1 Å². The summed E-state index contributed by atoms with van der Waals surface area (Å²) in [5, 5.41) is 0. The summed E-state index contributed by atoms with van der Waals surface area (Å²) in [6, 6.07) is 4.80. The zero-order valence-electron chi connectivity index (χ0n) is 14.3. The molecule has 0 unspecified atom stereocenters. The van der Waals surface area contributed by atoms with Crippen LogP contribution in [0.3, 0.4) is 0 Å². The van der Waals surface area contributed by atoms with E-state index in [1.54, 1.807) is 4.90 Å². The minimum Gasteiger partial charge on any atom is -0.490 e. The van der Waals surface area contributed by atoms with Crippen LogP contribution in [-0.4, -0.2) is 42.4 Å². The van der Waals surface area contributed by atoms with Crippen LogP contribution in [-0.2, 0) is 4.79 Å². The average molecular weight is 360 g/mol. The number of halogens is 3. The first-order chi connectivity index (χ1) is 11.7. The fraction of sp³-hybridized carbons (Fsp3) is 0.588. The number of hydrogen-bond acceptors (Lipinski definition) is 4. The van der Waals surface area contributed by atoms with E-state index in [0.717, 1.165) is 0 Å². The molecule has 5 nitrogen and oxygen atoms in total. The molecule has 0 bridgehead atoms. The summed E-state index contributed by atoms with van der Waals surface area (Å²) in [6.07, 6.45) is -3.50. The molecule has 1 aliphatic heterocycles. The molecule has 140 valence electrons. The van der Waals surface area contributed by atoms with Gasteiger partial charge in [-0.05, 0) is 30.2 Å². The Morgan fingerprint density at radius 2 is 1.68 bits per heavy atom. The van der Waals surface area contributed by atoms with Gasteiger partial charge in [0, 0.05) is 25.9 Å². The van der Waals surface area contributed by atoms with Crippen LogP contribution in [0.4, 0.5) is 13.2 Å². The van der Waals surface area contributed by atoms with Crippen molar-refractivity contribution in [2.75, 3.05) is 13.1 Å². The summed E-state index contributed by atoms with van der Waals surface area (Å²) in [7, 11) is 0. The van der Waals surface area contributed by atoms with Crippen LogP contribution in [0.1, 0.15) is 26.7 Å². The maximum atomic E-state index is 12.2. The highest BCUT2D eigenvalue weighted by Crippen LogP contribution is 2.26. The number of hydrogen-bond donors (Lipinski definition) is 1. The number of carbonyl (C=O) groups excluding carboxylic acids is 1. The SMILES string of the molecule is CC(C)[C@H](N)C(=O)N1CCC(Oc2ccc(OC(F)(F)F)cc2)CC1. The molecule has 25 heavy (non-hydrogen) atoms. The summed E-state index contributed by atoms with van der Waals surface area (Å²) >= 11 is 0. The first-order valence-electron chi connectivity index (χ1n) is 8.22. The van der Waals surface area contributed by atoms with Crippen molar-refractivity contribution in [2.45, 2.75) is 45.2 Å². The van der Waals surface area contributed by atoms with E-state index in [4.69, 9.17) is 10.5 Å². The van der Waals surface area contributed by atoms with Gasteiger partial charge in [0.25, 0.3) is 0 Å². The predicted octanol–water partition coefficient (Wildman–Crippen LogP) is 2.94. The minimum absolute atomic E-state index is 0.0536. The van der Waals surface area contributed by atoms with Gasteiger partial charge in [-0.3, -0.25) is 4.79 Å². The van der Waals surface area contributed by atoms with Gasteiger partial charge in [0.05, 0.1) is 6.04 Å². The maximum absolute atomic E-state index is 12.2. The molecule has 2 N–H and O–H groups in total. The summed E-state index contributed by atoms with van der Waals surface area (Å²) < 4.78 is 46.0. The molecule has 1 saturated heterocycles. The largest absolute Gasteiger partial charge is 0.573 e. The van der Waals surface area contributed by atoms with Crippen LogP contribution in [0.15, 0.2) is 24.3 Å². The average Bonchev–Trinajstić information content (AvgIpc) is 2.54. The topological polar surface area (TPSA) is 64.8 Å². The second kappa shape index (κ2) is 7.95. The van der Waals surface area contributed by atoms with E-state index < -0.39 is 12.4 Å². The van der Waals surface area contributed by atoms with Crippen molar-refractivity contribution < 1.29 is 27.4 Å². The highest BCUT2D eigenvalue weighted by Gasteiger charge is 2.31. The molecule has 1 atom stereocenters. The van der Waals surface area contributed by atoms with Gasteiger partial charge in [-0.1, -0.05) is 13.8 Å². The Morgan fingerprint density at radius 3 is 2.16 bits per heavy atom. The van der Waals surface area contributed by atoms with Gasteiger partial charge in [-0.15, -0.1) is 13.2 Å². The number of benzene rings is 1. The van der Waals surface area contributed by atoms with Crippen LogP contribution < -0.4 is 15.2 Å². The van der Waals surface area contributed by atoms with Crippen molar-refractivity contribution in [2.24, 2.45) is 11.7 Å². The van der Waals surface area contributed by atoms with Gasteiger partial charge in [0.1, 0.15) is 17.6 Å². The lowest BCUT2D eigenvalue weighted by Crippen LogP contribution is -2.50. The third-order valence-corrected chi connectivity index (χ3v) is 4.12. The minimum atomic E-state index is -4.71. The van der Waals surface area contributed by atoms with Gasteiger partial charge >= 0.3 is 6.36 Å². The number of carbonyl (C=O) groups is 1. The van der Waals surface area contributed by atoms with Crippen LogP contribution >= 0.6 is 0 Å². The number of amides is 1. The summed E-state index contributed by atoms with van der Waals surface area (Å²) in [5.74, 6) is 0.210. The van der Waals surface area contributed by atoms with E-state index >= 15 is 0 Å². The molecule has 1 heterocycles. The van der Waals surface area contributed by atoms with Crippen LogP contribution in [0.5, 0.6) is 11.5 Å². The summed E-state index contributed by atoms with van der Waals surface area (Å²) in [6.45, 7) is 4.92. The van der Waals surface area contributed by atoms with E-state index in [1.807, 2.05) is 13.8 Å². The highest BCUT2D eigenvalue weighted by atomic mass is 19.4. The van der Waals surface area contributed by atoms with Crippen molar-refractivity contribution in [1.29, 1.82) is 0 Å². The number of piperidine rings is 1. The molecule has 0 spiro atoms. The zero-order valence-corrected chi connectivity index (χ0v) is 14.3. The molecule has 1 aromatic rings. The Bertz CT molecular complexity index is 567. The number of likely N-dealkylation sites (tertiary alicyclic amines) is 1. The van der Waals surface area contributed by atoms with Gasteiger partial charge in [-0.25, -0.2) is 0 Å². The Morgan fingerprint density at radius 1 is 1.16 bits per heavy atom. The van der Waals surface area contributed by atoms with Crippen LogP contribution in [0.25, 0.3) is 0 Å². The smallest absolute Gasteiger partial charge is 0.490 e. The van der Waals surface area contributed by atoms with Crippen molar-refractivity contribution >= 4 is 5.91 Å². The molecule has 1 amide bonds. The van der Waals surface area contributed by atoms with Gasteiger partial charge in [0.2, 0.25) is 5.91 Å². The number of nitrogens with two attached hydrogens (primary N) is 1.